The first-order valence-corrected chi connectivity index (χ1v) is 4.55. The van der Waals surface area contributed by atoms with E-state index in [0.29, 0.717) is 0 Å². The first-order valence-electron chi connectivity index (χ1n) is 3.98. The molecule has 8 heteroatoms. The van der Waals surface area contributed by atoms with E-state index in [0.717, 1.165) is 0 Å². The van der Waals surface area contributed by atoms with Crippen molar-refractivity contribution in [3.05, 3.63) is 0 Å². The van der Waals surface area contributed by atoms with Gasteiger partial charge in [0, 0.05) is 6.42 Å². The first-order chi connectivity index (χ1) is 6.78. The molecule has 86 valence electrons. The molecule has 0 aliphatic heterocycles. The number of carbonyl (C=O) groups excluding carboxylic acids is 3. The average Bonchev–Trinajstić information content (AvgIpc) is 2.09. The Hall–Kier alpha value is -1.10. The zero-order valence-electron chi connectivity index (χ0n) is 7.70. The lowest BCUT2D eigenvalue weighted by molar-refractivity contribution is -0.137. The molecule has 0 bridgehead atoms. The molecule has 0 aromatic heterocycles. The number of hydrogen-bond donors (Lipinski definition) is 2. The van der Waals surface area contributed by atoms with Gasteiger partial charge in [0.25, 0.3) is 11.6 Å². The molecule has 3 N–H and O–H groups in total. The summed E-state index contributed by atoms with van der Waals surface area (Å²) in [6.45, 7) is 0. The minimum atomic E-state index is -3.04. The van der Waals surface area contributed by atoms with Crippen molar-refractivity contribution in [2.75, 3.05) is 0 Å². The van der Waals surface area contributed by atoms with Gasteiger partial charge in [-0.15, -0.1) is 0 Å². The van der Waals surface area contributed by atoms with Gasteiger partial charge < -0.3 is 11.1 Å². The molecule has 0 spiro atoms. The molecule has 0 saturated carbocycles. The lowest BCUT2D eigenvalue weighted by atomic mass is 10.1. The van der Waals surface area contributed by atoms with Crippen LogP contribution in [0.3, 0.4) is 0 Å². The second-order valence-corrected chi connectivity index (χ2v) is 3.71. The molecule has 0 rings (SSSR count). The first kappa shape index (κ1) is 13.9. The molecule has 15 heavy (non-hydrogen) atoms. The molecule has 0 radical (unpaired) electrons. The predicted octanol–water partition coefficient (Wildman–Crippen LogP) is -0.597. The largest absolute Gasteiger partial charge is 0.363 e. The molecular formula is C7H11F2N2O3P. The molecule has 0 heterocycles. The molecule has 0 aliphatic rings. The second-order valence-electron chi connectivity index (χ2n) is 2.87. The maximum absolute atomic E-state index is 12.4. The zero-order valence-corrected chi connectivity index (χ0v) is 8.86. The smallest absolute Gasteiger partial charge is 0.287 e. The number of Topliss-reactive ketones (excluding diaryl/α,β-unsaturated/α-hetero) is 1. The number of alkyl halides is 2. The fourth-order valence-electron chi connectivity index (χ4n) is 0.881. The standard InChI is InChI=1S/C7H11F2N2O3P/c8-7(9,15)2-1-4(11-3-12)5(13)6(10)14/h3-4H,1-2,15H2,(H2,10,14)(H,11,12). The molecular weight excluding hydrogens is 229 g/mol. The number of rotatable bonds is 7. The molecule has 0 aliphatic carbocycles. The molecule has 2 unspecified atom stereocenters. The maximum atomic E-state index is 12.4. The van der Waals surface area contributed by atoms with E-state index in [1.807, 2.05) is 5.32 Å². The van der Waals surface area contributed by atoms with Crippen LogP contribution in [0.1, 0.15) is 12.8 Å². The predicted molar refractivity (Wildman–Crippen MR) is 51.1 cm³/mol. The topological polar surface area (TPSA) is 89.3 Å². The maximum Gasteiger partial charge on any atom is 0.287 e. The van der Waals surface area contributed by atoms with Gasteiger partial charge >= 0.3 is 0 Å². The van der Waals surface area contributed by atoms with Gasteiger partial charge in [0.05, 0.1) is 6.04 Å². The molecule has 0 aromatic rings. The molecule has 2 amide bonds. The van der Waals surface area contributed by atoms with Gasteiger partial charge in [0.15, 0.2) is 0 Å². The lowest BCUT2D eigenvalue weighted by Gasteiger charge is -2.15. The van der Waals surface area contributed by atoms with E-state index in [-0.39, 0.29) is 12.8 Å². The SMILES string of the molecule is NC(=O)C(=O)C(CCC(F)(F)P)NC=O. The minimum absolute atomic E-state index is 0.159. The summed E-state index contributed by atoms with van der Waals surface area (Å²) in [5.74, 6) is -2.35. The highest BCUT2D eigenvalue weighted by atomic mass is 31.0. The quantitative estimate of drug-likeness (QED) is 0.354. The van der Waals surface area contributed by atoms with Gasteiger partial charge in [0.2, 0.25) is 12.2 Å². The van der Waals surface area contributed by atoms with Crippen LogP contribution in [0.4, 0.5) is 8.78 Å². The number of halogens is 2. The number of primary amides is 1. The Morgan fingerprint density at radius 3 is 2.40 bits per heavy atom. The van der Waals surface area contributed by atoms with Crippen LogP contribution < -0.4 is 11.1 Å². The molecule has 5 nitrogen and oxygen atoms in total. The molecule has 0 fully saturated rings. The number of hydrogen-bond acceptors (Lipinski definition) is 3. The van der Waals surface area contributed by atoms with Crippen molar-refractivity contribution in [1.82, 2.24) is 5.32 Å². The highest BCUT2D eigenvalue weighted by molar-refractivity contribution is 7.18. The van der Waals surface area contributed by atoms with Crippen molar-refractivity contribution in [3.8, 4) is 0 Å². The van der Waals surface area contributed by atoms with Gasteiger partial charge in [-0.25, -0.2) is 8.78 Å². The zero-order chi connectivity index (χ0) is 12.1. The summed E-state index contributed by atoms with van der Waals surface area (Å²) in [4.78, 5) is 31.5. The average molecular weight is 240 g/mol. The number of nitrogens with two attached hydrogens (primary N) is 1. The van der Waals surface area contributed by atoms with Crippen LogP contribution in [0.2, 0.25) is 0 Å². The van der Waals surface area contributed by atoms with E-state index in [9.17, 15) is 23.2 Å². The van der Waals surface area contributed by atoms with Crippen molar-refractivity contribution in [1.29, 1.82) is 0 Å². The summed E-state index contributed by atoms with van der Waals surface area (Å²) in [7, 11) is 1.30. The lowest BCUT2D eigenvalue weighted by Crippen LogP contribution is -2.43. The summed E-state index contributed by atoms with van der Waals surface area (Å²) in [5.41, 5.74) is 1.63. The van der Waals surface area contributed by atoms with Crippen LogP contribution in [-0.2, 0) is 14.4 Å². The van der Waals surface area contributed by atoms with Crippen molar-refractivity contribution in [2.45, 2.75) is 24.5 Å². The fourth-order valence-corrected chi connectivity index (χ4v) is 1.05. The van der Waals surface area contributed by atoms with Crippen molar-refractivity contribution >= 4 is 27.3 Å². The summed E-state index contributed by atoms with van der Waals surface area (Å²) < 4.78 is 24.8. The van der Waals surface area contributed by atoms with E-state index in [1.54, 1.807) is 0 Å². The normalized spacial score (nSPS) is 13.0. The minimum Gasteiger partial charge on any atom is -0.363 e. The summed E-state index contributed by atoms with van der Waals surface area (Å²) in [5, 5.41) is 1.96. The Labute approximate surface area is 87.0 Å². The summed E-state index contributed by atoms with van der Waals surface area (Å²) >= 11 is 0. The Morgan fingerprint density at radius 1 is 1.53 bits per heavy atom. The van der Waals surface area contributed by atoms with E-state index in [2.05, 4.69) is 5.73 Å². The fraction of sp³-hybridized carbons (Fsp3) is 0.571. The highest BCUT2D eigenvalue weighted by Crippen LogP contribution is 2.28. The van der Waals surface area contributed by atoms with Crippen LogP contribution in [0.5, 0.6) is 0 Å². The van der Waals surface area contributed by atoms with Crippen molar-refractivity contribution in [2.24, 2.45) is 5.73 Å². The van der Waals surface area contributed by atoms with Crippen LogP contribution in [0.15, 0.2) is 0 Å². The van der Waals surface area contributed by atoms with Gasteiger partial charge in [-0.05, 0) is 6.42 Å². The Kier molecular flexibility index (Phi) is 5.28. The van der Waals surface area contributed by atoms with Crippen molar-refractivity contribution in [3.63, 3.8) is 0 Å². The third kappa shape index (κ3) is 6.06. The third-order valence-corrected chi connectivity index (χ3v) is 1.88. The van der Waals surface area contributed by atoms with E-state index < -0.39 is 29.8 Å². The number of nitrogens with one attached hydrogen (secondary N) is 1. The summed E-state index contributed by atoms with van der Waals surface area (Å²) in [6, 6.07) is -1.29. The van der Waals surface area contributed by atoms with Crippen LogP contribution in [-0.4, -0.2) is 29.8 Å². The molecule has 2 atom stereocenters. The van der Waals surface area contributed by atoms with E-state index >= 15 is 0 Å². The van der Waals surface area contributed by atoms with E-state index in [4.69, 9.17) is 0 Å². The Balaban J connectivity index is 4.34. The number of carbonyl (C=O) groups is 3. The van der Waals surface area contributed by atoms with Gasteiger partial charge in [0.1, 0.15) is 0 Å². The van der Waals surface area contributed by atoms with Crippen LogP contribution in [0.25, 0.3) is 0 Å². The Bertz CT molecular complexity index is 267. The van der Waals surface area contributed by atoms with Gasteiger partial charge in [-0.1, -0.05) is 9.24 Å². The van der Waals surface area contributed by atoms with Crippen molar-refractivity contribution < 1.29 is 23.2 Å². The number of ketones is 1. The second kappa shape index (κ2) is 5.70. The van der Waals surface area contributed by atoms with Crippen LogP contribution >= 0.6 is 9.24 Å². The Morgan fingerprint density at radius 2 is 2.07 bits per heavy atom. The third-order valence-electron chi connectivity index (χ3n) is 1.59. The van der Waals surface area contributed by atoms with Gasteiger partial charge in [-0.2, -0.15) is 0 Å². The number of amides is 2. The van der Waals surface area contributed by atoms with Crippen LogP contribution in [0, 0.1) is 0 Å². The van der Waals surface area contributed by atoms with E-state index in [1.165, 1.54) is 9.24 Å². The van der Waals surface area contributed by atoms with Gasteiger partial charge in [-0.3, -0.25) is 14.4 Å². The molecule has 0 aromatic carbocycles. The molecule has 0 saturated heterocycles. The summed E-state index contributed by atoms with van der Waals surface area (Å²) in [6.07, 6.45) is -0.842. The highest BCUT2D eigenvalue weighted by Gasteiger charge is 2.28. The monoisotopic (exact) mass is 240 g/mol.